The van der Waals surface area contributed by atoms with Gasteiger partial charge in [-0.1, -0.05) is 19.9 Å². The number of anilines is 2. The number of thiophene rings is 1. The van der Waals surface area contributed by atoms with Gasteiger partial charge in [-0.15, -0.1) is 11.3 Å². The highest BCUT2D eigenvalue weighted by Gasteiger charge is 2.19. The van der Waals surface area contributed by atoms with Crippen molar-refractivity contribution in [3.05, 3.63) is 34.4 Å². The molecule has 2 rings (SSSR count). The van der Waals surface area contributed by atoms with E-state index in [0.29, 0.717) is 5.92 Å². The van der Waals surface area contributed by atoms with Gasteiger partial charge in [0.2, 0.25) is 5.95 Å². The van der Waals surface area contributed by atoms with E-state index < -0.39 is 5.82 Å². The van der Waals surface area contributed by atoms with Gasteiger partial charge in [0.05, 0.1) is 12.2 Å². The van der Waals surface area contributed by atoms with Gasteiger partial charge < -0.3 is 11.1 Å². The Morgan fingerprint density at radius 1 is 1.44 bits per heavy atom. The monoisotopic (exact) mass is 266 g/mol. The van der Waals surface area contributed by atoms with Crippen LogP contribution in [0.1, 0.15) is 24.8 Å². The lowest BCUT2D eigenvalue weighted by Crippen LogP contribution is -2.18. The lowest BCUT2D eigenvalue weighted by Gasteiger charge is -2.22. The van der Waals surface area contributed by atoms with Crippen LogP contribution in [0.25, 0.3) is 0 Å². The molecule has 0 aliphatic heterocycles. The van der Waals surface area contributed by atoms with E-state index in [9.17, 15) is 4.39 Å². The van der Waals surface area contributed by atoms with E-state index in [-0.39, 0.29) is 17.8 Å². The summed E-state index contributed by atoms with van der Waals surface area (Å²) in [4.78, 5) is 8.64. The lowest BCUT2D eigenvalue weighted by molar-refractivity contribution is 0.542. The SMILES string of the molecule is CC(C)C(Nc1nc(N)ncc1F)c1cccs1. The molecule has 0 saturated heterocycles. The fourth-order valence-corrected chi connectivity index (χ4v) is 2.61. The van der Waals surface area contributed by atoms with Crippen LogP contribution in [0.2, 0.25) is 0 Å². The van der Waals surface area contributed by atoms with Crippen molar-refractivity contribution in [3.63, 3.8) is 0 Å². The molecule has 18 heavy (non-hydrogen) atoms. The molecule has 96 valence electrons. The second kappa shape index (κ2) is 5.30. The fraction of sp³-hybridized carbons (Fsp3) is 0.333. The van der Waals surface area contributed by atoms with Crippen LogP contribution in [-0.4, -0.2) is 9.97 Å². The topological polar surface area (TPSA) is 63.8 Å². The number of nitrogens with one attached hydrogen (secondary N) is 1. The maximum absolute atomic E-state index is 13.6. The molecule has 4 nitrogen and oxygen atoms in total. The summed E-state index contributed by atoms with van der Waals surface area (Å²) in [6.45, 7) is 4.14. The summed E-state index contributed by atoms with van der Waals surface area (Å²) < 4.78 is 13.6. The largest absolute Gasteiger partial charge is 0.368 e. The second-order valence-electron chi connectivity index (χ2n) is 4.31. The van der Waals surface area contributed by atoms with E-state index in [2.05, 4.69) is 29.1 Å². The molecule has 1 atom stereocenters. The Kier molecular flexibility index (Phi) is 3.76. The predicted molar refractivity (Wildman–Crippen MR) is 71.9 cm³/mol. The van der Waals surface area contributed by atoms with Crippen molar-refractivity contribution < 1.29 is 4.39 Å². The summed E-state index contributed by atoms with van der Waals surface area (Å²) in [7, 11) is 0. The van der Waals surface area contributed by atoms with Crippen molar-refractivity contribution in [2.45, 2.75) is 19.9 Å². The number of halogens is 1. The van der Waals surface area contributed by atoms with Gasteiger partial charge >= 0.3 is 0 Å². The number of nitrogens with two attached hydrogens (primary N) is 1. The zero-order valence-electron chi connectivity index (χ0n) is 10.2. The van der Waals surface area contributed by atoms with Crippen molar-refractivity contribution in [2.24, 2.45) is 5.92 Å². The first kappa shape index (κ1) is 12.8. The Hall–Kier alpha value is -1.69. The molecule has 0 saturated carbocycles. The summed E-state index contributed by atoms with van der Waals surface area (Å²) in [6.07, 6.45) is 1.08. The minimum absolute atomic E-state index is 0.00815. The zero-order valence-corrected chi connectivity index (χ0v) is 11.0. The highest BCUT2D eigenvalue weighted by molar-refractivity contribution is 7.10. The van der Waals surface area contributed by atoms with Gasteiger partial charge in [0.15, 0.2) is 11.6 Å². The van der Waals surface area contributed by atoms with E-state index in [1.54, 1.807) is 11.3 Å². The number of nitrogen functional groups attached to an aromatic ring is 1. The molecular weight excluding hydrogens is 251 g/mol. The van der Waals surface area contributed by atoms with Gasteiger partial charge in [-0.05, 0) is 17.4 Å². The Bertz CT molecular complexity index is 513. The van der Waals surface area contributed by atoms with Gasteiger partial charge in [-0.25, -0.2) is 9.37 Å². The molecule has 1 unspecified atom stereocenters. The van der Waals surface area contributed by atoms with Gasteiger partial charge in [0.1, 0.15) is 0 Å². The first-order chi connectivity index (χ1) is 8.58. The van der Waals surface area contributed by atoms with Gasteiger partial charge in [0, 0.05) is 4.88 Å². The summed E-state index contributed by atoms with van der Waals surface area (Å²) >= 11 is 1.63. The van der Waals surface area contributed by atoms with E-state index in [1.807, 2.05) is 17.5 Å². The molecule has 6 heteroatoms. The Labute approximate surface area is 109 Å². The molecule has 2 aromatic heterocycles. The standard InChI is InChI=1S/C12H15FN4S/c1-7(2)10(9-4-3-5-18-9)16-11-8(13)6-15-12(14)17-11/h3-7,10H,1-2H3,(H3,14,15,16,17). The number of aromatic nitrogens is 2. The first-order valence-corrected chi connectivity index (χ1v) is 6.54. The summed E-state index contributed by atoms with van der Waals surface area (Å²) in [6, 6.07) is 4.00. The van der Waals surface area contributed by atoms with Crippen molar-refractivity contribution in [3.8, 4) is 0 Å². The molecule has 0 amide bonds. The molecule has 0 aromatic carbocycles. The third-order valence-corrected chi connectivity index (χ3v) is 3.53. The Balaban J connectivity index is 2.27. The van der Waals surface area contributed by atoms with E-state index >= 15 is 0 Å². The van der Waals surface area contributed by atoms with Crippen molar-refractivity contribution in [2.75, 3.05) is 11.1 Å². The second-order valence-corrected chi connectivity index (χ2v) is 5.29. The van der Waals surface area contributed by atoms with Crippen LogP contribution >= 0.6 is 11.3 Å². The average molecular weight is 266 g/mol. The molecule has 0 spiro atoms. The molecule has 0 fully saturated rings. The normalized spacial score (nSPS) is 12.7. The number of nitrogens with zero attached hydrogens (tertiary/aromatic N) is 2. The minimum Gasteiger partial charge on any atom is -0.368 e. The van der Waals surface area contributed by atoms with Crippen molar-refractivity contribution in [1.29, 1.82) is 0 Å². The quantitative estimate of drug-likeness (QED) is 0.892. The van der Waals surface area contributed by atoms with Crippen LogP contribution in [0.4, 0.5) is 16.2 Å². The maximum Gasteiger partial charge on any atom is 0.222 e. The van der Waals surface area contributed by atoms with E-state index in [0.717, 1.165) is 11.1 Å². The van der Waals surface area contributed by atoms with Gasteiger partial charge in [-0.2, -0.15) is 4.98 Å². The maximum atomic E-state index is 13.6. The molecular formula is C12H15FN4S. The number of hydrogen-bond acceptors (Lipinski definition) is 5. The van der Waals surface area contributed by atoms with Crippen LogP contribution in [0.3, 0.4) is 0 Å². The third kappa shape index (κ3) is 2.76. The molecule has 0 aliphatic rings. The molecule has 0 bridgehead atoms. The average Bonchev–Trinajstić information content (AvgIpc) is 2.83. The van der Waals surface area contributed by atoms with Crippen molar-refractivity contribution >= 4 is 23.1 Å². The highest BCUT2D eigenvalue weighted by atomic mass is 32.1. The molecule has 0 radical (unpaired) electrons. The van der Waals surface area contributed by atoms with Crippen LogP contribution in [-0.2, 0) is 0 Å². The first-order valence-electron chi connectivity index (χ1n) is 5.66. The highest BCUT2D eigenvalue weighted by Crippen LogP contribution is 2.29. The summed E-state index contributed by atoms with van der Waals surface area (Å²) in [5.74, 6) is 0.0211. The Morgan fingerprint density at radius 3 is 2.83 bits per heavy atom. The number of hydrogen-bond donors (Lipinski definition) is 2. The van der Waals surface area contributed by atoms with Gasteiger partial charge in [0.25, 0.3) is 0 Å². The van der Waals surface area contributed by atoms with Crippen LogP contribution in [0, 0.1) is 11.7 Å². The van der Waals surface area contributed by atoms with Gasteiger partial charge in [-0.3, -0.25) is 0 Å². The predicted octanol–water partition coefficient (Wildman–Crippen LogP) is 3.07. The molecule has 2 heterocycles. The minimum atomic E-state index is -0.494. The Morgan fingerprint density at radius 2 is 2.22 bits per heavy atom. The van der Waals surface area contributed by atoms with Crippen molar-refractivity contribution in [1.82, 2.24) is 9.97 Å². The fourth-order valence-electron chi connectivity index (χ4n) is 1.66. The summed E-state index contributed by atoms with van der Waals surface area (Å²) in [5, 5.41) is 5.09. The lowest BCUT2D eigenvalue weighted by atomic mass is 10.0. The number of rotatable bonds is 4. The van der Waals surface area contributed by atoms with Crippen LogP contribution in [0.15, 0.2) is 23.7 Å². The summed E-state index contributed by atoms with van der Waals surface area (Å²) in [5.41, 5.74) is 5.47. The van der Waals surface area contributed by atoms with Crippen LogP contribution < -0.4 is 11.1 Å². The van der Waals surface area contributed by atoms with Crippen LogP contribution in [0.5, 0.6) is 0 Å². The molecule has 3 N–H and O–H groups in total. The van der Waals surface area contributed by atoms with E-state index in [4.69, 9.17) is 5.73 Å². The van der Waals surface area contributed by atoms with E-state index in [1.165, 1.54) is 0 Å². The molecule has 0 aliphatic carbocycles. The zero-order chi connectivity index (χ0) is 13.1. The third-order valence-electron chi connectivity index (χ3n) is 2.57. The molecule has 2 aromatic rings. The smallest absolute Gasteiger partial charge is 0.222 e.